The summed E-state index contributed by atoms with van der Waals surface area (Å²) in [6.45, 7) is 1.99. The van der Waals surface area contributed by atoms with E-state index in [9.17, 15) is 9.90 Å². The Kier molecular flexibility index (Phi) is 4.95. The van der Waals surface area contributed by atoms with Crippen LogP contribution >= 0.6 is 0 Å². The molecule has 4 heteroatoms. The zero-order valence-electron chi connectivity index (χ0n) is 14.0. The van der Waals surface area contributed by atoms with Crippen LogP contribution in [0.3, 0.4) is 0 Å². The van der Waals surface area contributed by atoms with Crippen molar-refractivity contribution in [2.75, 3.05) is 0 Å². The van der Waals surface area contributed by atoms with Gasteiger partial charge in [-0.05, 0) is 61.4 Å². The van der Waals surface area contributed by atoms with E-state index in [1.54, 1.807) is 12.4 Å². The predicted molar refractivity (Wildman–Crippen MR) is 93.6 cm³/mol. The molecule has 0 spiro atoms. The third-order valence-corrected chi connectivity index (χ3v) is 4.82. The molecule has 0 aliphatic heterocycles. The number of hydrogen-bond acceptors (Lipinski definition) is 3. The molecule has 0 fully saturated rings. The van der Waals surface area contributed by atoms with Gasteiger partial charge in [-0.3, -0.25) is 9.78 Å². The van der Waals surface area contributed by atoms with Crippen molar-refractivity contribution < 1.29 is 9.90 Å². The first-order valence-corrected chi connectivity index (χ1v) is 8.56. The van der Waals surface area contributed by atoms with Gasteiger partial charge in [-0.15, -0.1) is 0 Å². The number of hydrogen-bond donors (Lipinski definition) is 2. The number of fused-ring (bicyclic) bond motifs is 1. The van der Waals surface area contributed by atoms with Gasteiger partial charge in [0.05, 0.1) is 0 Å². The average molecular weight is 324 g/mol. The summed E-state index contributed by atoms with van der Waals surface area (Å²) >= 11 is 0. The van der Waals surface area contributed by atoms with Gasteiger partial charge in [-0.1, -0.05) is 24.3 Å². The molecule has 4 nitrogen and oxygen atoms in total. The van der Waals surface area contributed by atoms with E-state index in [0.29, 0.717) is 12.8 Å². The summed E-state index contributed by atoms with van der Waals surface area (Å²) < 4.78 is 0. The minimum Gasteiger partial charge on any atom is -0.380 e. The number of carbonyl (C=O) groups excluding carboxylic acids is 1. The Hall–Kier alpha value is -2.20. The lowest BCUT2D eigenvalue weighted by Crippen LogP contribution is -2.52. The van der Waals surface area contributed by atoms with E-state index in [1.807, 2.05) is 37.3 Å². The number of nitrogens with one attached hydrogen (secondary N) is 1. The fourth-order valence-electron chi connectivity index (χ4n) is 3.28. The van der Waals surface area contributed by atoms with E-state index >= 15 is 0 Å². The second-order valence-electron chi connectivity index (χ2n) is 6.75. The lowest BCUT2D eigenvalue weighted by atomic mass is 9.80. The summed E-state index contributed by atoms with van der Waals surface area (Å²) in [5.41, 5.74) is 2.22. The largest absolute Gasteiger partial charge is 0.380 e. The molecule has 24 heavy (non-hydrogen) atoms. The molecule has 1 aromatic carbocycles. The molecule has 2 aromatic rings. The van der Waals surface area contributed by atoms with Crippen molar-refractivity contribution in [2.24, 2.45) is 0 Å². The lowest BCUT2D eigenvalue weighted by molar-refractivity contribution is -0.141. The summed E-state index contributed by atoms with van der Waals surface area (Å²) in [5, 5.41) is 13.8. The third-order valence-electron chi connectivity index (χ3n) is 4.82. The Morgan fingerprint density at radius 1 is 1.25 bits per heavy atom. The van der Waals surface area contributed by atoms with Gasteiger partial charge in [0.2, 0.25) is 0 Å². The molecule has 2 N–H and O–H groups in total. The van der Waals surface area contributed by atoms with Crippen molar-refractivity contribution in [1.82, 2.24) is 10.3 Å². The van der Waals surface area contributed by atoms with Crippen molar-refractivity contribution in [1.29, 1.82) is 0 Å². The van der Waals surface area contributed by atoms with Crippen LogP contribution in [0.15, 0.2) is 48.8 Å². The number of carbonyl (C=O) groups is 1. The van der Waals surface area contributed by atoms with Crippen LogP contribution in [-0.4, -0.2) is 27.6 Å². The number of aryl methyl sites for hydroxylation is 2. The molecular formula is C20H24N2O2. The number of aliphatic hydroxyl groups is 1. The number of amides is 1. The van der Waals surface area contributed by atoms with Gasteiger partial charge in [-0.25, -0.2) is 0 Å². The van der Waals surface area contributed by atoms with Gasteiger partial charge in [0.1, 0.15) is 5.60 Å². The lowest BCUT2D eigenvalue weighted by Gasteiger charge is -2.33. The van der Waals surface area contributed by atoms with E-state index in [0.717, 1.165) is 24.8 Å². The van der Waals surface area contributed by atoms with E-state index in [1.165, 1.54) is 11.1 Å². The van der Waals surface area contributed by atoms with Crippen LogP contribution in [0.4, 0.5) is 0 Å². The summed E-state index contributed by atoms with van der Waals surface area (Å²) in [5.74, 6) is -0.251. The Morgan fingerprint density at radius 2 is 1.96 bits per heavy atom. The van der Waals surface area contributed by atoms with Crippen molar-refractivity contribution >= 4 is 5.91 Å². The molecule has 0 saturated carbocycles. The average Bonchev–Trinajstić information content (AvgIpc) is 2.60. The van der Waals surface area contributed by atoms with Gasteiger partial charge in [0.25, 0.3) is 5.91 Å². The summed E-state index contributed by atoms with van der Waals surface area (Å²) in [6.07, 6.45) is 6.89. The first-order chi connectivity index (χ1) is 11.6. The van der Waals surface area contributed by atoms with Crippen LogP contribution in [0.2, 0.25) is 0 Å². The number of rotatable bonds is 5. The van der Waals surface area contributed by atoms with Crippen LogP contribution in [0.5, 0.6) is 0 Å². The Bertz CT molecular complexity index is 702. The van der Waals surface area contributed by atoms with E-state index in [4.69, 9.17) is 0 Å². The normalized spacial score (nSPS) is 20.9. The number of nitrogens with zero attached hydrogens (tertiary/aromatic N) is 1. The summed E-state index contributed by atoms with van der Waals surface area (Å²) in [7, 11) is 0. The third kappa shape index (κ3) is 3.82. The quantitative estimate of drug-likeness (QED) is 0.888. The highest BCUT2D eigenvalue weighted by Gasteiger charge is 2.39. The van der Waals surface area contributed by atoms with Crippen LogP contribution < -0.4 is 5.32 Å². The first-order valence-electron chi connectivity index (χ1n) is 8.56. The van der Waals surface area contributed by atoms with Crippen LogP contribution in [0.25, 0.3) is 0 Å². The molecule has 2 atom stereocenters. The SMILES string of the molecule is CC(CCc1ccncc1)NC(=O)C1(O)CCc2ccccc2C1. The first kappa shape index (κ1) is 16.7. The minimum absolute atomic E-state index is 0.0202. The monoisotopic (exact) mass is 324 g/mol. The topological polar surface area (TPSA) is 62.2 Å². The van der Waals surface area contributed by atoms with Gasteiger partial charge in [-0.2, -0.15) is 0 Å². The highest BCUT2D eigenvalue weighted by molar-refractivity contribution is 5.86. The highest BCUT2D eigenvalue weighted by atomic mass is 16.3. The molecule has 126 valence electrons. The van der Waals surface area contributed by atoms with Gasteiger partial charge >= 0.3 is 0 Å². The van der Waals surface area contributed by atoms with E-state index < -0.39 is 5.60 Å². The van der Waals surface area contributed by atoms with Gasteiger partial charge < -0.3 is 10.4 Å². The molecule has 1 heterocycles. The Labute approximate surface area is 142 Å². The molecule has 3 rings (SSSR count). The van der Waals surface area contributed by atoms with Crippen LogP contribution in [0, 0.1) is 0 Å². The molecule has 0 bridgehead atoms. The number of benzene rings is 1. The molecule has 1 aromatic heterocycles. The fourth-order valence-corrected chi connectivity index (χ4v) is 3.28. The number of aromatic nitrogens is 1. The summed E-state index contributed by atoms with van der Waals surface area (Å²) in [6, 6.07) is 12.0. The molecule has 1 aliphatic carbocycles. The maximum absolute atomic E-state index is 12.6. The highest BCUT2D eigenvalue weighted by Crippen LogP contribution is 2.29. The molecule has 1 amide bonds. The molecule has 0 radical (unpaired) electrons. The smallest absolute Gasteiger partial charge is 0.252 e. The van der Waals surface area contributed by atoms with E-state index in [-0.39, 0.29) is 11.9 Å². The Morgan fingerprint density at radius 3 is 2.71 bits per heavy atom. The molecule has 2 unspecified atom stereocenters. The van der Waals surface area contributed by atoms with Crippen molar-refractivity contribution in [3.63, 3.8) is 0 Å². The number of pyridine rings is 1. The fraction of sp³-hybridized carbons (Fsp3) is 0.400. The van der Waals surface area contributed by atoms with Gasteiger partial charge in [0, 0.05) is 24.9 Å². The zero-order valence-corrected chi connectivity index (χ0v) is 14.0. The zero-order chi connectivity index (χ0) is 17.0. The van der Waals surface area contributed by atoms with Crippen LogP contribution in [-0.2, 0) is 24.1 Å². The van der Waals surface area contributed by atoms with Crippen molar-refractivity contribution in [2.45, 2.75) is 50.7 Å². The molecular weight excluding hydrogens is 300 g/mol. The maximum Gasteiger partial charge on any atom is 0.252 e. The van der Waals surface area contributed by atoms with Crippen molar-refractivity contribution in [3.8, 4) is 0 Å². The van der Waals surface area contributed by atoms with E-state index in [2.05, 4.69) is 16.4 Å². The molecule has 1 aliphatic rings. The Balaban J connectivity index is 1.56. The second-order valence-corrected chi connectivity index (χ2v) is 6.75. The minimum atomic E-state index is -1.29. The maximum atomic E-state index is 12.6. The van der Waals surface area contributed by atoms with Crippen LogP contribution in [0.1, 0.15) is 36.5 Å². The predicted octanol–water partition coefficient (Wildman–Crippen LogP) is 2.44. The second kappa shape index (κ2) is 7.14. The summed E-state index contributed by atoms with van der Waals surface area (Å²) in [4.78, 5) is 16.6. The standard InChI is InChI=1S/C20H24N2O2/c1-15(6-7-16-9-12-21-13-10-16)22-19(23)20(24)11-8-17-4-2-3-5-18(17)14-20/h2-5,9-10,12-13,15,24H,6-8,11,14H2,1H3,(H,22,23). The van der Waals surface area contributed by atoms with Gasteiger partial charge in [0.15, 0.2) is 0 Å². The van der Waals surface area contributed by atoms with Crippen molar-refractivity contribution in [3.05, 3.63) is 65.5 Å². The molecule has 0 saturated heterocycles.